The summed E-state index contributed by atoms with van der Waals surface area (Å²) in [4.78, 5) is 114. The molecule has 2 aromatic carbocycles. The molecule has 23 heteroatoms. The van der Waals surface area contributed by atoms with Crippen molar-refractivity contribution in [3.05, 3.63) is 72.1 Å². The molecular weight excluding hydrogens is 1060 g/mol. The summed E-state index contributed by atoms with van der Waals surface area (Å²) in [6.45, 7) is 6.56. The fraction of sp³-hybridized carbons (Fsp3) is 0.583. The molecule has 0 fully saturated rings. The number of benzene rings is 2. The lowest BCUT2D eigenvalue weighted by atomic mass is 9.96. The van der Waals surface area contributed by atoms with Gasteiger partial charge in [0.1, 0.15) is 36.3 Å². The van der Waals surface area contributed by atoms with Crippen LogP contribution in [0.25, 0.3) is 21.8 Å². The van der Waals surface area contributed by atoms with Crippen LogP contribution in [0.2, 0.25) is 0 Å². The molecule has 2 aromatic heterocycles. The zero-order valence-corrected chi connectivity index (χ0v) is 49.2. The number of hydrogen-bond acceptors (Lipinski definition) is 10. The average molecular weight is 1150 g/mol. The molecule has 0 bridgehead atoms. The van der Waals surface area contributed by atoms with E-state index >= 15 is 0 Å². The minimum atomic E-state index is -1.36. The standard InChI is InChI=1S/C60H96N16O7/c1-4-6-7-8-9-10-11-12-13-14-15-31-51(77)71-47(28-20-21-32-61)55(80)76-52(39(3)5-2)58(83)73-48(30-23-34-68-60(65)66)54(79)74-50(36-41-38-70-45-27-19-17-25-43(41)45)57(82)75-49(35-40-37-69-44-26-18-16-24-42(40)44)56(81)72-46(53(62)78)29-22-33-67-59(63)64/h16-19,24-27,37-39,46-50,52,69-70H,4-15,20-23,28-36,61H2,1-3H3,(H2,62,78)(H,71,77)(H,72,81)(H,73,83)(H,74,79)(H,75,82)(H,76,80)(H4,63,64,67)(H4,65,66,68)/t39-,46-,47-,48-,49-,50-,52-/m0/s1. The molecule has 0 aliphatic rings. The molecule has 83 heavy (non-hydrogen) atoms. The smallest absolute Gasteiger partial charge is 0.243 e. The highest BCUT2D eigenvalue weighted by Gasteiger charge is 2.35. The number of primary amides is 1. The Labute approximate surface area is 489 Å². The van der Waals surface area contributed by atoms with Crippen molar-refractivity contribution in [2.75, 3.05) is 19.6 Å². The summed E-state index contributed by atoms with van der Waals surface area (Å²) in [6, 6.07) is 7.64. The second-order valence-corrected chi connectivity index (χ2v) is 21.7. The van der Waals surface area contributed by atoms with E-state index in [4.69, 9.17) is 34.4 Å². The van der Waals surface area contributed by atoms with Gasteiger partial charge in [-0.3, -0.25) is 43.5 Å². The summed E-state index contributed by atoms with van der Waals surface area (Å²) in [5.41, 5.74) is 36.8. The van der Waals surface area contributed by atoms with Crippen molar-refractivity contribution in [1.29, 1.82) is 0 Å². The topological polar surface area (TPSA) is 404 Å². The summed E-state index contributed by atoms with van der Waals surface area (Å²) in [5, 5.41) is 18.7. The van der Waals surface area contributed by atoms with Gasteiger partial charge in [0.2, 0.25) is 41.4 Å². The SMILES string of the molecule is CCCCCCCCCCCCCC(=O)N[C@@H](CCCCN)C(=O)N[C@H](C(=O)N[C@@H](CCCN=C(N)N)C(=O)N[C@@H](Cc1c[nH]c2ccccc12)C(=O)N[C@@H](Cc1c[nH]c2ccccc12)C(=O)N[C@@H](CCCN=C(N)N)C(N)=O)[C@@H](C)CC. The molecule has 0 radical (unpaired) electrons. The average Bonchev–Trinajstić information content (AvgIpc) is 4.33. The van der Waals surface area contributed by atoms with Crippen molar-refractivity contribution in [1.82, 2.24) is 41.9 Å². The molecule has 0 aliphatic carbocycles. The first-order chi connectivity index (χ1) is 39.9. The number of aromatic amines is 2. The quantitative estimate of drug-likeness (QED) is 0.0171. The van der Waals surface area contributed by atoms with Crippen molar-refractivity contribution in [2.45, 2.75) is 198 Å². The van der Waals surface area contributed by atoms with Crippen LogP contribution in [-0.2, 0) is 46.4 Å². The van der Waals surface area contributed by atoms with Crippen LogP contribution in [-0.4, -0.2) is 119 Å². The third-order valence-corrected chi connectivity index (χ3v) is 15.0. The third-order valence-electron chi connectivity index (χ3n) is 15.0. The number of H-pyrrole nitrogens is 2. The lowest BCUT2D eigenvalue weighted by Crippen LogP contribution is -2.61. The van der Waals surface area contributed by atoms with E-state index in [2.05, 4.69) is 58.8 Å². The molecule has 20 N–H and O–H groups in total. The third kappa shape index (κ3) is 24.4. The second-order valence-electron chi connectivity index (χ2n) is 21.7. The van der Waals surface area contributed by atoms with Gasteiger partial charge in [0.15, 0.2) is 11.9 Å². The highest BCUT2D eigenvalue weighted by molar-refractivity contribution is 5.98. The predicted molar refractivity (Wildman–Crippen MR) is 328 cm³/mol. The van der Waals surface area contributed by atoms with Crippen LogP contribution in [0.4, 0.5) is 0 Å². The Morgan fingerprint density at radius 1 is 0.482 bits per heavy atom. The second kappa shape index (κ2) is 37.4. The molecule has 4 aromatic rings. The Balaban J connectivity index is 1.60. The van der Waals surface area contributed by atoms with Gasteiger partial charge in [-0.2, -0.15) is 0 Å². The number of aliphatic imine (C=N–C) groups is 2. The first kappa shape index (κ1) is 67.8. The number of aromatic nitrogens is 2. The van der Waals surface area contributed by atoms with Gasteiger partial charge in [-0.05, 0) is 87.1 Å². The largest absolute Gasteiger partial charge is 0.370 e. The molecule has 7 atom stereocenters. The van der Waals surface area contributed by atoms with Gasteiger partial charge < -0.3 is 76.3 Å². The highest BCUT2D eigenvalue weighted by atomic mass is 16.2. The Kier molecular flexibility index (Phi) is 30.6. The summed E-state index contributed by atoms with van der Waals surface area (Å²) >= 11 is 0. The number of unbranched alkanes of at least 4 members (excludes halogenated alkanes) is 11. The number of guanidine groups is 2. The molecule has 4 rings (SSSR count). The van der Waals surface area contributed by atoms with Crippen molar-refractivity contribution in [2.24, 2.45) is 50.3 Å². The highest BCUT2D eigenvalue weighted by Crippen LogP contribution is 2.22. The van der Waals surface area contributed by atoms with E-state index in [1.165, 1.54) is 44.9 Å². The molecule has 2 heterocycles. The molecule has 7 amide bonds. The lowest BCUT2D eigenvalue weighted by Gasteiger charge is -2.29. The number of nitrogens with two attached hydrogens (primary N) is 6. The molecule has 23 nitrogen and oxygen atoms in total. The summed E-state index contributed by atoms with van der Waals surface area (Å²) in [7, 11) is 0. The predicted octanol–water partition coefficient (Wildman–Crippen LogP) is 3.81. The fourth-order valence-corrected chi connectivity index (χ4v) is 10.0. The van der Waals surface area contributed by atoms with E-state index in [-0.39, 0.29) is 69.4 Å². The Bertz CT molecular complexity index is 2710. The number of amides is 7. The molecule has 0 saturated heterocycles. The van der Waals surface area contributed by atoms with Crippen molar-refractivity contribution < 1.29 is 33.6 Å². The van der Waals surface area contributed by atoms with Gasteiger partial charge in [-0.15, -0.1) is 0 Å². The molecule has 0 unspecified atom stereocenters. The van der Waals surface area contributed by atoms with E-state index in [0.717, 1.165) is 41.1 Å². The summed E-state index contributed by atoms with van der Waals surface area (Å²) in [6.07, 6.45) is 18.7. The minimum absolute atomic E-state index is 0.00292. The van der Waals surface area contributed by atoms with Gasteiger partial charge >= 0.3 is 0 Å². The maximum absolute atomic E-state index is 15.0. The van der Waals surface area contributed by atoms with Crippen LogP contribution in [0.3, 0.4) is 0 Å². The number of nitrogens with zero attached hydrogens (tertiary/aromatic N) is 2. The first-order valence-corrected chi connectivity index (χ1v) is 30.0. The Morgan fingerprint density at radius 3 is 1.39 bits per heavy atom. The number of fused-ring (bicyclic) bond motifs is 2. The van der Waals surface area contributed by atoms with Crippen LogP contribution < -0.4 is 66.3 Å². The zero-order chi connectivity index (χ0) is 60.5. The van der Waals surface area contributed by atoms with E-state index < -0.39 is 77.6 Å². The van der Waals surface area contributed by atoms with Crippen LogP contribution in [0.5, 0.6) is 0 Å². The summed E-state index contributed by atoms with van der Waals surface area (Å²) in [5.74, 6) is -5.25. The molecule has 0 spiro atoms. The number of para-hydroxylation sites is 2. The number of carbonyl (C=O) groups excluding carboxylic acids is 7. The van der Waals surface area contributed by atoms with Crippen molar-refractivity contribution in [3.63, 3.8) is 0 Å². The fourth-order valence-electron chi connectivity index (χ4n) is 10.0. The van der Waals surface area contributed by atoms with Gasteiger partial charge in [-0.25, -0.2) is 0 Å². The van der Waals surface area contributed by atoms with Crippen LogP contribution in [0.1, 0.15) is 160 Å². The van der Waals surface area contributed by atoms with E-state index in [1.54, 1.807) is 19.3 Å². The number of rotatable bonds is 42. The van der Waals surface area contributed by atoms with Gasteiger partial charge in [0.25, 0.3) is 0 Å². The number of carbonyl (C=O) groups is 7. The Morgan fingerprint density at radius 2 is 0.904 bits per heavy atom. The van der Waals surface area contributed by atoms with E-state index in [1.807, 2.05) is 55.5 Å². The van der Waals surface area contributed by atoms with E-state index in [0.29, 0.717) is 56.2 Å². The molecule has 0 saturated carbocycles. The maximum atomic E-state index is 15.0. The maximum Gasteiger partial charge on any atom is 0.243 e. The van der Waals surface area contributed by atoms with Gasteiger partial charge in [-0.1, -0.05) is 128 Å². The molecule has 458 valence electrons. The summed E-state index contributed by atoms with van der Waals surface area (Å²) < 4.78 is 0. The number of nitrogens with one attached hydrogen (secondary N) is 8. The van der Waals surface area contributed by atoms with Crippen molar-refractivity contribution in [3.8, 4) is 0 Å². The van der Waals surface area contributed by atoms with Gasteiger partial charge in [0, 0.05) is 66.6 Å². The number of hydrogen-bond donors (Lipinski definition) is 14. The monoisotopic (exact) mass is 1150 g/mol. The van der Waals surface area contributed by atoms with Crippen LogP contribution >= 0.6 is 0 Å². The molecular formula is C60H96N16O7. The minimum Gasteiger partial charge on any atom is -0.370 e. The van der Waals surface area contributed by atoms with Crippen LogP contribution in [0.15, 0.2) is 70.9 Å². The first-order valence-electron chi connectivity index (χ1n) is 30.0. The lowest BCUT2D eigenvalue weighted by molar-refractivity contribution is -0.136. The van der Waals surface area contributed by atoms with Crippen molar-refractivity contribution >= 4 is 75.1 Å². The van der Waals surface area contributed by atoms with Crippen LogP contribution in [0, 0.1) is 5.92 Å². The zero-order valence-electron chi connectivity index (χ0n) is 49.2. The Hall–Kier alpha value is -7.69. The normalized spacial score (nSPS) is 13.8. The molecule has 0 aliphatic heterocycles. The van der Waals surface area contributed by atoms with E-state index in [9.17, 15) is 33.6 Å². The van der Waals surface area contributed by atoms with Gasteiger partial charge in [0.05, 0.1) is 0 Å².